The first kappa shape index (κ1) is 26.0. The maximum absolute atomic E-state index is 14.6. The zero-order valence-electron chi connectivity index (χ0n) is 22.7. The Bertz CT molecular complexity index is 1580. The van der Waals surface area contributed by atoms with Crippen LogP contribution in [-0.4, -0.2) is 54.8 Å². The second-order valence-corrected chi connectivity index (χ2v) is 12.0. The molecule has 4 amide bonds. The number of carbonyl (C=O) groups excluding carboxylic acids is 4. The molecular formula is C32H30N4O4S. The Morgan fingerprint density at radius 3 is 2.41 bits per heavy atom. The summed E-state index contributed by atoms with van der Waals surface area (Å²) in [5, 5.41) is 3.53. The lowest BCUT2D eigenvalue weighted by molar-refractivity contribution is -0.132. The number of fused-ring (bicyclic) bond motifs is 5. The summed E-state index contributed by atoms with van der Waals surface area (Å²) in [7, 11) is 0. The van der Waals surface area contributed by atoms with E-state index >= 15 is 0 Å². The normalized spacial score (nSPS) is 26.2. The molecule has 4 atom stereocenters. The van der Waals surface area contributed by atoms with Gasteiger partial charge >= 0.3 is 0 Å². The molecule has 0 aromatic heterocycles. The molecule has 3 aromatic rings. The minimum atomic E-state index is -1.43. The number of benzene rings is 3. The van der Waals surface area contributed by atoms with Crippen molar-refractivity contribution >= 4 is 52.5 Å². The van der Waals surface area contributed by atoms with Gasteiger partial charge in [0.1, 0.15) is 12.1 Å². The van der Waals surface area contributed by atoms with E-state index < -0.39 is 17.4 Å². The van der Waals surface area contributed by atoms with Gasteiger partial charge in [0.05, 0.1) is 17.5 Å². The fraction of sp³-hybridized carbons (Fsp3) is 0.312. The maximum atomic E-state index is 14.6. The maximum Gasteiger partial charge on any atom is 0.253 e. The Hall–Kier alpha value is -3.95. The molecular weight excluding hydrogens is 536 g/mol. The number of carbonyl (C=O) groups is 4. The van der Waals surface area contributed by atoms with Gasteiger partial charge in [-0.15, -0.1) is 0 Å². The summed E-state index contributed by atoms with van der Waals surface area (Å²) in [6, 6.07) is 23.7. The van der Waals surface area contributed by atoms with Crippen molar-refractivity contribution in [2.24, 2.45) is 11.8 Å². The van der Waals surface area contributed by atoms with Crippen LogP contribution in [0.25, 0.3) is 0 Å². The molecule has 2 fully saturated rings. The van der Waals surface area contributed by atoms with Crippen LogP contribution < -0.4 is 20.0 Å². The van der Waals surface area contributed by atoms with E-state index in [1.807, 2.05) is 60.9 Å². The molecule has 2 saturated heterocycles. The molecule has 1 N–H and O–H groups in total. The molecule has 0 saturated carbocycles. The van der Waals surface area contributed by atoms with Gasteiger partial charge in [0.15, 0.2) is 0 Å². The zero-order chi connectivity index (χ0) is 28.3. The minimum absolute atomic E-state index is 0.148. The van der Waals surface area contributed by atoms with E-state index in [0.29, 0.717) is 29.9 Å². The lowest BCUT2D eigenvalue weighted by Gasteiger charge is -2.31. The summed E-state index contributed by atoms with van der Waals surface area (Å²) in [5.41, 5.74) is 2.32. The van der Waals surface area contributed by atoms with Crippen molar-refractivity contribution in [2.45, 2.75) is 24.4 Å². The van der Waals surface area contributed by atoms with Crippen molar-refractivity contribution < 1.29 is 19.2 Å². The van der Waals surface area contributed by atoms with Crippen LogP contribution >= 0.6 is 11.8 Å². The molecule has 0 unspecified atom stereocenters. The highest BCUT2D eigenvalue weighted by molar-refractivity contribution is 7.98. The molecule has 41 heavy (non-hydrogen) atoms. The van der Waals surface area contributed by atoms with Crippen LogP contribution in [0.4, 0.5) is 17.1 Å². The molecule has 1 spiro atoms. The van der Waals surface area contributed by atoms with Crippen LogP contribution in [0.1, 0.15) is 17.5 Å². The van der Waals surface area contributed by atoms with Gasteiger partial charge in [0, 0.05) is 29.5 Å². The minimum Gasteiger partial charge on any atom is -0.310 e. The van der Waals surface area contributed by atoms with E-state index in [4.69, 9.17) is 0 Å². The second kappa shape index (κ2) is 9.85. The predicted octanol–water partition coefficient (Wildman–Crippen LogP) is 3.35. The van der Waals surface area contributed by atoms with E-state index in [1.54, 1.807) is 40.9 Å². The van der Waals surface area contributed by atoms with Crippen molar-refractivity contribution in [3.63, 3.8) is 0 Å². The van der Waals surface area contributed by atoms with Gasteiger partial charge in [0.2, 0.25) is 17.7 Å². The molecule has 8 nitrogen and oxygen atoms in total. The smallest absolute Gasteiger partial charge is 0.253 e. The van der Waals surface area contributed by atoms with Crippen LogP contribution in [0.2, 0.25) is 0 Å². The largest absolute Gasteiger partial charge is 0.310 e. The van der Waals surface area contributed by atoms with E-state index in [0.717, 1.165) is 23.4 Å². The number of rotatable bonds is 6. The summed E-state index contributed by atoms with van der Waals surface area (Å²) in [6.45, 7) is 0.413. The van der Waals surface area contributed by atoms with E-state index in [-0.39, 0.29) is 36.2 Å². The molecule has 9 heteroatoms. The average Bonchev–Trinajstić information content (AvgIpc) is 3.71. The van der Waals surface area contributed by atoms with Crippen molar-refractivity contribution in [1.29, 1.82) is 0 Å². The molecule has 0 aliphatic carbocycles. The fourth-order valence-corrected chi connectivity index (χ4v) is 7.74. The molecule has 4 aliphatic heterocycles. The van der Waals surface area contributed by atoms with E-state index in [1.165, 1.54) is 9.80 Å². The molecule has 0 radical (unpaired) electrons. The molecule has 0 bridgehead atoms. The summed E-state index contributed by atoms with van der Waals surface area (Å²) >= 11 is 1.66. The summed E-state index contributed by atoms with van der Waals surface area (Å²) in [4.78, 5) is 61.0. The van der Waals surface area contributed by atoms with E-state index in [2.05, 4.69) is 5.32 Å². The highest BCUT2D eigenvalue weighted by Crippen LogP contribution is 2.55. The predicted molar refractivity (Wildman–Crippen MR) is 159 cm³/mol. The molecule has 4 heterocycles. The number of hydrogen-bond donors (Lipinski definition) is 1. The number of nitrogens with one attached hydrogen (secondary N) is 1. The van der Waals surface area contributed by atoms with Gasteiger partial charge in [-0.1, -0.05) is 54.6 Å². The summed E-state index contributed by atoms with van der Waals surface area (Å²) < 4.78 is 0. The number of imide groups is 1. The zero-order valence-corrected chi connectivity index (χ0v) is 23.5. The fourth-order valence-electron chi connectivity index (χ4n) is 7.25. The Morgan fingerprint density at radius 1 is 0.927 bits per heavy atom. The van der Waals surface area contributed by atoms with Crippen molar-refractivity contribution in [3.8, 4) is 0 Å². The van der Waals surface area contributed by atoms with Crippen LogP contribution in [0.3, 0.4) is 0 Å². The third-order valence-electron chi connectivity index (χ3n) is 9.00. The SMILES string of the molecule is CSCC[C@@H]1N[C@]2(C(=O)N(CC(=O)N3CCc4ccccc43)c3ccccc32)[C@H]2C(=O)N(c3ccccc3)C(=O)[C@H]12. The van der Waals surface area contributed by atoms with Gasteiger partial charge in [0.25, 0.3) is 5.91 Å². The highest BCUT2D eigenvalue weighted by atomic mass is 32.2. The Balaban J connectivity index is 1.29. The topological polar surface area (TPSA) is 90.0 Å². The molecule has 4 aliphatic rings. The lowest BCUT2D eigenvalue weighted by Crippen LogP contribution is -2.56. The number of thioether (sulfide) groups is 1. The summed E-state index contributed by atoms with van der Waals surface area (Å²) in [6.07, 6.45) is 3.40. The van der Waals surface area contributed by atoms with Crippen molar-refractivity contribution in [3.05, 3.63) is 90.0 Å². The Morgan fingerprint density at radius 2 is 1.63 bits per heavy atom. The Kier molecular flexibility index (Phi) is 6.24. The Labute approximate surface area is 242 Å². The highest BCUT2D eigenvalue weighted by Gasteiger charge is 2.71. The van der Waals surface area contributed by atoms with Gasteiger partial charge < -0.3 is 9.80 Å². The number of amides is 4. The van der Waals surface area contributed by atoms with Gasteiger partial charge in [-0.25, -0.2) is 4.90 Å². The number of anilines is 3. The second-order valence-electron chi connectivity index (χ2n) is 11.0. The first-order valence-corrected chi connectivity index (χ1v) is 15.4. The van der Waals surface area contributed by atoms with E-state index in [9.17, 15) is 19.2 Å². The van der Waals surface area contributed by atoms with Gasteiger partial charge in [-0.3, -0.25) is 24.5 Å². The van der Waals surface area contributed by atoms with Crippen molar-refractivity contribution in [2.75, 3.05) is 39.8 Å². The van der Waals surface area contributed by atoms with Gasteiger partial charge in [-0.2, -0.15) is 11.8 Å². The van der Waals surface area contributed by atoms with Crippen LogP contribution in [0.15, 0.2) is 78.9 Å². The summed E-state index contributed by atoms with van der Waals surface area (Å²) in [5.74, 6) is -2.02. The molecule has 208 valence electrons. The quantitative estimate of drug-likeness (QED) is 0.461. The third kappa shape index (κ3) is 3.72. The third-order valence-corrected chi connectivity index (χ3v) is 9.64. The number of hydrogen-bond acceptors (Lipinski definition) is 6. The first-order valence-electron chi connectivity index (χ1n) is 14.0. The van der Waals surface area contributed by atoms with Crippen LogP contribution in [-0.2, 0) is 31.1 Å². The average molecular weight is 567 g/mol. The van der Waals surface area contributed by atoms with Gasteiger partial charge in [-0.05, 0) is 54.7 Å². The lowest BCUT2D eigenvalue weighted by atomic mass is 9.76. The molecule has 3 aromatic carbocycles. The monoisotopic (exact) mass is 566 g/mol. The van der Waals surface area contributed by atoms with Crippen LogP contribution in [0, 0.1) is 11.8 Å². The first-order chi connectivity index (χ1) is 20.0. The number of para-hydroxylation sites is 3. The van der Waals surface area contributed by atoms with Crippen LogP contribution in [0.5, 0.6) is 0 Å². The molecule has 7 rings (SSSR count). The van der Waals surface area contributed by atoms with Crippen molar-refractivity contribution in [1.82, 2.24) is 5.32 Å². The number of nitrogens with zero attached hydrogens (tertiary/aromatic N) is 3. The standard InChI is InChI=1S/C32H30N4O4S/c1-41-18-16-23-27-28(30(39)36(29(27)38)21-10-3-2-4-11-21)32(33-23)22-12-6-8-14-25(22)35(31(32)40)19-26(37)34-17-15-20-9-5-7-13-24(20)34/h2-14,23,27-28,33H,15-19H2,1H3/t23-,27+,28+,32-/m0/s1.